The molecule has 1 aliphatic rings. The van der Waals surface area contributed by atoms with Gasteiger partial charge in [-0.1, -0.05) is 31.4 Å². The van der Waals surface area contributed by atoms with Gasteiger partial charge in [-0.2, -0.15) is 5.10 Å². The molecule has 5 nitrogen and oxygen atoms in total. The van der Waals surface area contributed by atoms with Gasteiger partial charge < -0.3 is 10.2 Å². The van der Waals surface area contributed by atoms with Crippen LogP contribution in [0.15, 0.2) is 24.3 Å². The quantitative estimate of drug-likeness (QED) is 0.889. The van der Waals surface area contributed by atoms with Gasteiger partial charge in [-0.05, 0) is 30.9 Å². The van der Waals surface area contributed by atoms with Gasteiger partial charge in [0.2, 0.25) is 0 Å². The molecule has 0 radical (unpaired) electrons. The molecule has 0 bridgehead atoms. The highest BCUT2D eigenvalue weighted by Gasteiger charge is 2.28. The van der Waals surface area contributed by atoms with Crippen LogP contribution in [0, 0.1) is 11.7 Å². The van der Waals surface area contributed by atoms with Crippen LogP contribution in [0.25, 0.3) is 11.4 Å². The number of aliphatic hydroxyl groups excluding tert-OH is 2. The van der Waals surface area contributed by atoms with E-state index in [1.54, 1.807) is 16.8 Å². The average molecular weight is 319 g/mol. The highest BCUT2D eigenvalue weighted by Crippen LogP contribution is 2.34. The monoisotopic (exact) mass is 319 g/mol. The molecule has 0 amide bonds. The Hall–Kier alpha value is -1.79. The fourth-order valence-corrected chi connectivity index (χ4v) is 3.24. The van der Waals surface area contributed by atoms with E-state index in [2.05, 4.69) is 10.1 Å². The first-order chi connectivity index (χ1) is 11.2. The minimum absolute atomic E-state index is 0.0870. The maximum Gasteiger partial charge on any atom is 0.181 e. The van der Waals surface area contributed by atoms with Crippen LogP contribution in [0.4, 0.5) is 4.39 Å². The molecule has 1 atom stereocenters. The van der Waals surface area contributed by atoms with E-state index in [-0.39, 0.29) is 24.9 Å². The van der Waals surface area contributed by atoms with Crippen molar-refractivity contribution in [1.82, 2.24) is 14.8 Å². The van der Waals surface area contributed by atoms with Crippen LogP contribution in [-0.4, -0.2) is 31.6 Å². The second kappa shape index (κ2) is 7.19. The fourth-order valence-electron chi connectivity index (χ4n) is 3.24. The summed E-state index contributed by atoms with van der Waals surface area (Å²) in [6.07, 6.45) is 4.70. The number of nitrogens with zero attached hydrogens (tertiary/aromatic N) is 3. The Morgan fingerprint density at radius 1 is 1.26 bits per heavy atom. The molecule has 1 aliphatic carbocycles. The third-order valence-corrected chi connectivity index (χ3v) is 4.46. The second-order valence-corrected chi connectivity index (χ2v) is 6.09. The lowest BCUT2D eigenvalue weighted by Crippen LogP contribution is -2.21. The molecule has 6 heteroatoms. The highest BCUT2D eigenvalue weighted by molar-refractivity contribution is 5.54. The molecular formula is C17H22FN3O2. The second-order valence-electron chi connectivity index (χ2n) is 6.09. The van der Waals surface area contributed by atoms with Gasteiger partial charge in [0.15, 0.2) is 11.6 Å². The van der Waals surface area contributed by atoms with Gasteiger partial charge in [0.05, 0.1) is 13.2 Å². The van der Waals surface area contributed by atoms with Gasteiger partial charge in [-0.25, -0.2) is 14.1 Å². The summed E-state index contributed by atoms with van der Waals surface area (Å²) in [6, 6.07) is 6.08. The zero-order valence-electron chi connectivity index (χ0n) is 13.0. The van der Waals surface area contributed by atoms with E-state index in [9.17, 15) is 14.6 Å². The van der Waals surface area contributed by atoms with Crippen LogP contribution in [-0.2, 0) is 6.54 Å². The Kier molecular flexibility index (Phi) is 5.03. The zero-order valence-corrected chi connectivity index (χ0v) is 13.0. The molecule has 23 heavy (non-hydrogen) atoms. The molecule has 0 unspecified atom stereocenters. The molecule has 1 fully saturated rings. The van der Waals surface area contributed by atoms with E-state index in [0.29, 0.717) is 17.2 Å². The molecule has 3 rings (SSSR count). The summed E-state index contributed by atoms with van der Waals surface area (Å²) in [5, 5.41) is 24.3. The fraction of sp³-hybridized carbons (Fsp3) is 0.529. The molecule has 124 valence electrons. The molecule has 0 saturated heterocycles. The SMILES string of the molecule is OCCn1nc(-c2cccc(F)c2)nc1[C@H](O)C1CCCCC1. The lowest BCUT2D eigenvalue weighted by atomic mass is 9.85. The predicted molar refractivity (Wildman–Crippen MR) is 84.0 cm³/mol. The summed E-state index contributed by atoms with van der Waals surface area (Å²) >= 11 is 0. The third kappa shape index (κ3) is 3.59. The molecule has 0 spiro atoms. The summed E-state index contributed by atoms with van der Waals surface area (Å²) < 4.78 is 14.9. The van der Waals surface area contributed by atoms with Crippen molar-refractivity contribution in [3.63, 3.8) is 0 Å². The predicted octanol–water partition coefficient (Wildman–Crippen LogP) is 2.69. The first-order valence-corrected chi connectivity index (χ1v) is 8.18. The average Bonchev–Trinajstić information content (AvgIpc) is 2.99. The smallest absolute Gasteiger partial charge is 0.181 e. The lowest BCUT2D eigenvalue weighted by molar-refractivity contribution is 0.0718. The van der Waals surface area contributed by atoms with E-state index in [1.807, 2.05) is 0 Å². The van der Waals surface area contributed by atoms with Crippen molar-refractivity contribution in [3.8, 4) is 11.4 Å². The van der Waals surface area contributed by atoms with Crippen molar-refractivity contribution in [2.45, 2.75) is 44.8 Å². The minimum atomic E-state index is -0.698. The molecule has 0 aliphatic heterocycles. The first kappa shape index (κ1) is 16.1. The lowest BCUT2D eigenvalue weighted by Gasteiger charge is -2.26. The minimum Gasteiger partial charge on any atom is -0.394 e. The van der Waals surface area contributed by atoms with Crippen LogP contribution < -0.4 is 0 Å². The first-order valence-electron chi connectivity index (χ1n) is 8.18. The van der Waals surface area contributed by atoms with Gasteiger partial charge in [0.25, 0.3) is 0 Å². The van der Waals surface area contributed by atoms with E-state index < -0.39 is 6.10 Å². The number of hydrogen-bond donors (Lipinski definition) is 2. The Morgan fingerprint density at radius 3 is 2.74 bits per heavy atom. The number of aliphatic hydroxyl groups is 2. The van der Waals surface area contributed by atoms with Gasteiger partial charge >= 0.3 is 0 Å². The maximum atomic E-state index is 13.4. The van der Waals surface area contributed by atoms with E-state index in [4.69, 9.17) is 0 Å². The number of hydrogen-bond acceptors (Lipinski definition) is 4. The van der Waals surface area contributed by atoms with Crippen molar-refractivity contribution >= 4 is 0 Å². The summed E-state index contributed by atoms with van der Waals surface area (Å²) in [5.41, 5.74) is 0.568. The van der Waals surface area contributed by atoms with Gasteiger partial charge in [-0.3, -0.25) is 0 Å². The molecule has 1 aromatic carbocycles. The van der Waals surface area contributed by atoms with E-state index in [0.717, 1.165) is 25.7 Å². The van der Waals surface area contributed by atoms with Crippen LogP contribution in [0.1, 0.15) is 44.0 Å². The van der Waals surface area contributed by atoms with Gasteiger partial charge in [0, 0.05) is 5.56 Å². The number of aromatic nitrogens is 3. The summed E-state index contributed by atoms with van der Waals surface area (Å²) in [5.74, 6) is 0.661. The van der Waals surface area contributed by atoms with Crippen LogP contribution in [0.2, 0.25) is 0 Å². The van der Waals surface area contributed by atoms with Crippen LogP contribution >= 0.6 is 0 Å². The Labute approximate surface area is 134 Å². The summed E-state index contributed by atoms with van der Waals surface area (Å²) in [6.45, 7) is 0.178. The van der Waals surface area contributed by atoms with Crippen molar-refractivity contribution in [2.24, 2.45) is 5.92 Å². The van der Waals surface area contributed by atoms with Crippen molar-refractivity contribution in [3.05, 3.63) is 35.9 Å². The third-order valence-electron chi connectivity index (χ3n) is 4.46. The Morgan fingerprint density at radius 2 is 2.04 bits per heavy atom. The topological polar surface area (TPSA) is 71.2 Å². The molecule has 1 saturated carbocycles. The Balaban J connectivity index is 1.92. The van der Waals surface area contributed by atoms with Crippen molar-refractivity contribution in [2.75, 3.05) is 6.61 Å². The van der Waals surface area contributed by atoms with Gasteiger partial charge in [-0.15, -0.1) is 0 Å². The van der Waals surface area contributed by atoms with Crippen molar-refractivity contribution < 1.29 is 14.6 Å². The zero-order chi connectivity index (χ0) is 16.2. The van der Waals surface area contributed by atoms with E-state index >= 15 is 0 Å². The standard InChI is InChI=1S/C17H22FN3O2/c18-14-8-4-7-13(11-14)16-19-17(21(20-16)9-10-22)15(23)12-5-2-1-3-6-12/h4,7-8,11-12,15,22-23H,1-3,5-6,9-10H2/t15-/m1/s1. The highest BCUT2D eigenvalue weighted by atomic mass is 19.1. The van der Waals surface area contributed by atoms with Gasteiger partial charge in [0.1, 0.15) is 11.9 Å². The van der Waals surface area contributed by atoms with E-state index in [1.165, 1.54) is 18.6 Å². The molecule has 2 aromatic rings. The maximum absolute atomic E-state index is 13.4. The Bertz CT molecular complexity index is 653. The summed E-state index contributed by atoms with van der Waals surface area (Å²) in [7, 11) is 0. The molecule has 2 N–H and O–H groups in total. The summed E-state index contributed by atoms with van der Waals surface area (Å²) in [4.78, 5) is 4.44. The number of halogens is 1. The molecule has 1 heterocycles. The molecule has 1 aromatic heterocycles. The number of benzene rings is 1. The van der Waals surface area contributed by atoms with Crippen LogP contribution in [0.3, 0.4) is 0 Å². The normalized spacial score (nSPS) is 17.3. The largest absolute Gasteiger partial charge is 0.394 e. The number of rotatable bonds is 5. The van der Waals surface area contributed by atoms with Crippen LogP contribution in [0.5, 0.6) is 0 Å². The molecular weight excluding hydrogens is 297 g/mol. The van der Waals surface area contributed by atoms with Crippen molar-refractivity contribution in [1.29, 1.82) is 0 Å².